The summed E-state index contributed by atoms with van der Waals surface area (Å²) in [7, 11) is 3.97. The molecule has 0 spiro atoms. The maximum atomic E-state index is 10.5. The first-order valence-electron chi connectivity index (χ1n) is 4.71. The molecule has 0 aliphatic rings. The number of hydrogen-bond donors (Lipinski definition) is 1. The predicted molar refractivity (Wildman–Crippen MR) is 52.3 cm³/mol. The number of aliphatic carboxylic acids is 1. The number of carboxylic acid groups (broad SMARTS) is 1. The largest absolute Gasteiger partial charge is 0.481 e. The Morgan fingerprint density at radius 3 is 2.87 bits per heavy atom. The highest BCUT2D eigenvalue weighted by molar-refractivity contribution is 5.68. The summed E-state index contributed by atoms with van der Waals surface area (Å²) in [6.45, 7) is 1.57. The molecule has 0 saturated carbocycles. The highest BCUT2D eigenvalue weighted by atomic mass is 16.4. The Balaban J connectivity index is 2.46. The van der Waals surface area contributed by atoms with Gasteiger partial charge < -0.3 is 10.0 Å². The lowest BCUT2D eigenvalue weighted by Gasteiger charge is -2.08. The molecule has 1 heterocycles. The fourth-order valence-corrected chi connectivity index (χ4v) is 1.20. The quantitative estimate of drug-likeness (QED) is 0.669. The summed E-state index contributed by atoms with van der Waals surface area (Å²) < 4.78 is 1.54. The number of tetrazole rings is 1. The summed E-state index contributed by atoms with van der Waals surface area (Å²) in [6.07, 6.45) is 0.764. The molecule has 1 aromatic rings. The lowest BCUT2D eigenvalue weighted by molar-refractivity contribution is -0.136. The Morgan fingerprint density at radius 2 is 2.27 bits per heavy atom. The second kappa shape index (κ2) is 5.40. The first kappa shape index (κ1) is 11.6. The fraction of sp³-hybridized carbons (Fsp3) is 0.750. The third-order valence-corrected chi connectivity index (χ3v) is 1.89. The highest BCUT2D eigenvalue weighted by Crippen LogP contribution is 1.96. The average Bonchev–Trinajstić information content (AvgIpc) is 2.51. The Hall–Kier alpha value is -1.50. The molecular weight excluding hydrogens is 198 g/mol. The SMILES string of the molecule is CN(C)CCCn1nnnc1CC(=O)O. The van der Waals surface area contributed by atoms with Crippen molar-refractivity contribution < 1.29 is 9.90 Å². The number of hydrogen-bond acceptors (Lipinski definition) is 5. The molecule has 7 heteroatoms. The van der Waals surface area contributed by atoms with Crippen LogP contribution in [-0.4, -0.2) is 56.8 Å². The zero-order valence-corrected chi connectivity index (χ0v) is 8.92. The Kier molecular flexibility index (Phi) is 4.17. The topological polar surface area (TPSA) is 84.1 Å². The molecule has 15 heavy (non-hydrogen) atoms. The van der Waals surface area contributed by atoms with E-state index >= 15 is 0 Å². The molecule has 0 aliphatic carbocycles. The summed E-state index contributed by atoms with van der Waals surface area (Å²) in [5, 5.41) is 19.5. The number of carboxylic acids is 1. The minimum atomic E-state index is -0.918. The standard InChI is InChI=1S/C8H15N5O2/c1-12(2)4-3-5-13-7(6-8(14)15)9-10-11-13/h3-6H2,1-2H3,(H,14,15). The van der Waals surface area contributed by atoms with Gasteiger partial charge in [0.25, 0.3) is 0 Å². The fourth-order valence-electron chi connectivity index (χ4n) is 1.20. The number of aryl methyl sites for hydroxylation is 1. The van der Waals surface area contributed by atoms with Gasteiger partial charge in [0, 0.05) is 6.54 Å². The van der Waals surface area contributed by atoms with Crippen molar-refractivity contribution in [2.45, 2.75) is 19.4 Å². The third kappa shape index (κ3) is 4.03. The van der Waals surface area contributed by atoms with E-state index in [2.05, 4.69) is 20.4 Å². The van der Waals surface area contributed by atoms with Gasteiger partial charge in [0.15, 0.2) is 5.82 Å². The molecule has 0 atom stereocenters. The molecular formula is C8H15N5O2. The zero-order valence-electron chi connectivity index (χ0n) is 8.92. The van der Waals surface area contributed by atoms with Crippen molar-refractivity contribution in [1.29, 1.82) is 0 Å². The van der Waals surface area contributed by atoms with E-state index in [0.717, 1.165) is 13.0 Å². The maximum Gasteiger partial charge on any atom is 0.311 e. The van der Waals surface area contributed by atoms with E-state index in [0.29, 0.717) is 12.4 Å². The van der Waals surface area contributed by atoms with Crippen molar-refractivity contribution in [2.75, 3.05) is 20.6 Å². The van der Waals surface area contributed by atoms with Crippen molar-refractivity contribution in [1.82, 2.24) is 25.1 Å². The number of carbonyl (C=O) groups is 1. The Labute approximate surface area is 87.7 Å². The highest BCUT2D eigenvalue weighted by Gasteiger charge is 2.09. The van der Waals surface area contributed by atoms with Crippen LogP contribution in [0.2, 0.25) is 0 Å². The van der Waals surface area contributed by atoms with Crippen LogP contribution >= 0.6 is 0 Å². The molecule has 0 aliphatic heterocycles. The molecule has 84 valence electrons. The Morgan fingerprint density at radius 1 is 1.53 bits per heavy atom. The van der Waals surface area contributed by atoms with Crippen LogP contribution in [-0.2, 0) is 17.8 Å². The minimum absolute atomic E-state index is 0.130. The van der Waals surface area contributed by atoms with Crippen LogP contribution in [0.15, 0.2) is 0 Å². The van der Waals surface area contributed by atoms with Crippen LogP contribution in [0, 0.1) is 0 Å². The van der Waals surface area contributed by atoms with Crippen molar-refractivity contribution in [2.24, 2.45) is 0 Å². The van der Waals surface area contributed by atoms with Crippen molar-refractivity contribution in [3.63, 3.8) is 0 Å². The van der Waals surface area contributed by atoms with Crippen LogP contribution in [0.3, 0.4) is 0 Å². The molecule has 1 aromatic heterocycles. The number of aromatic nitrogens is 4. The van der Waals surface area contributed by atoms with Gasteiger partial charge in [-0.15, -0.1) is 5.10 Å². The number of nitrogens with zero attached hydrogens (tertiary/aromatic N) is 5. The second-order valence-electron chi connectivity index (χ2n) is 3.55. The van der Waals surface area contributed by atoms with Gasteiger partial charge in [-0.05, 0) is 37.5 Å². The summed E-state index contributed by atoms with van der Waals surface area (Å²) in [5.74, 6) is -0.514. The maximum absolute atomic E-state index is 10.5. The first-order valence-corrected chi connectivity index (χ1v) is 4.71. The van der Waals surface area contributed by atoms with Gasteiger partial charge in [0.2, 0.25) is 0 Å². The van der Waals surface area contributed by atoms with E-state index in [9.17, 15) is 4.79 Å². The summed E-state index contributed by atoms with van der Waals surface area (Å²) in [6, 6.07) is 0. The molecule has 1 rings (SSSR count). The minimum Gasteiger partial charge on any atom is -0.481 e. The van der Waals surface area contributed by atoms with E-state index in [4.69, 9.17) is 5.11 Å². The van der Waals surface area contributed by atoms with Gasteiger partial charge in [-0.25, -0.2) is 4.68 Å². The van der Waals surface area contributed by atoms with Gasteiger partial charge in [-0.3, -0.25) is 4.79 Å². The van der Waals surface area contributed by atoms with Gasteiger partial charge in [-0.2, -0.15) is 0 Å². The van der Waals surface area contributed by atoms with Crippen LogP contribution in [0.1, 0.15) is 12.2 Å². The van der Waals surface area contributed by atoms with Crippen molar-refractivity contribution >= 4 is 5.97 Å². The first-order chi connectivity index (χ1) is 7.09. The van der Waals surface area contributed by atoms with Crippen molar-refractivity contribution in [3.05, 3.63) is 5.82 Å². The van der Waals surface area contributed by atoms with Gasteiger partial charge >= 0.3 is 5.97 Å². The smallest absolute Gasteiger partial charge is 0.311 e. The van der Waals surface area contributed by atoms with Gasteiger partial charge in [0.1, 0.15) is 6.42 Å². The third-order valence-electron chi connectivity index (χ3n) is 1.89. The van der Waals surface area contributed by atoms with Crippen LogP contribution in [0.4, 0.5) is 0 Å². The van der Waals surface area contributed by atoms with E-state index in [1.807, 2.05) is 14.1 Å². The van der Waals surface area contributed by atoms with Gasteiger partial charge in [0.05, 0.1) is 0 Å². The van der Waals surface area contributed by atoms with E-state index in [1.165, 1.54) is 4.68 Å². The lowest BCUT2D eigenvalue weighted by Crippen LogP contribution is -2.17. The van der Waals surface area contributed by atoms with E-state index in [1.54, 1.807) is 0 Å². The van der Waals surface area contributed by atoms with Crippen LogP contribution < -0.4 is 0 Å². The average molecular weight is 213 g/mol. The molecule has 0 amide bonds. The monoisotopic (exact) mass is 213 g/mol. The summed E-state index contributed by atoms with van der Waals surface area (Å²) >= 11 is 0. The van der Waals surface area contributed by atoms with E-state index in [-0.39, 0.29) is 6.42 Å². The predicted octanol–water partition coefficient (Wildman–Crippen LogP) is -0.748. The molecule has 0 radical (unpaired) electrons. The zero-order chi connectivity index (χ0) is 11.3. The van der Waals surface area contributed by atoms with Crippen LogP contribution in [0.25, 0.3) is 0 Å². The Bertz CT molecular complexity index is 323. The molecule has 0 saturated heterocycles. The normalized spacial score (nSPS) is 10.9. The van der Waals surface area contributed by atoms with Gasteiger partial charge in [-0.1, -0.05) is 0 Å². The molecule has 7 nitrogen and oxygen atoms in total. The number of rotatable bonds is 6. The van der Waals surface area contributed by atoms with Crippen LogP contribution in [0.5, 0.6) is 0 Å². The summed E-state index contributed by atoms with van der Waals surface area (Å²) in [4.78, 5) is 12.5. The molecule has 0 aromatic carbocycles. The summed E-state index contributed by atoms with van der Waals surface area (Å²) in [5.41, 5.74) is 0. The lowest BCUT2D eigenvalue weighted by atomic mass is 10.3. The molecule has 1 N–H and O–H groups in total. The second-order valence-corrected chi connectivity index (χ2v) is 3.55. The van der Waals surface area contributed by atoms with Crippen molar-refractivity contribution in [3.8, 4) is 0 Å². The molecule has 0 fully saturated rings. The molecule has 0 unspecified atom stereocenters. The molecule has 0 bridgehead atoms. The van der Waals surface area contributed by atoms with E-state index < -0.39 is 5.97 Å².